The zero-order chi connectivity index (χ0) is 29.5. The normalized spacial score (nSPS) is 21.8. The largest absolute Gasteiger partial charge is 0.416 e. The number of hydrogen-bond acceptors (Lipinski definition) is 5. The van der Waals surface area contributed by atoms with Crippen LogP contribution in [-0.4, -0.2) is 50.5 Å². The predicted molar refractivity (Wildman–Crippen MR) is 148 cm³/mol. The zero-order valence-electron chi connectivity index (χ0n) is 21.8. The first-order valence-electron chi connectivity index (χ1n) is 12.9. The van der Waals surface area contributed by atoms with Gasteiger partial charge >= 0.3 is 6.18 Å². The van der Waals surface area contributed by atoms with Gasteiger partial charge in [0.25, 0.3) is 5.92 Å². The number of rotatable bonds is 7. The molecule has 14 heteroatoms. The Labute approximate surface area is 245 Å². The minimum Gasteiger partial charge on any atom is -0.354 e. The van der Waals surface area contributed by atoms with Crippen LogP contribution in [0.5, 0.6) is 0 Å². The molecule has 0 spiro atoms. The van der Waals surface area contributed by atoms with Crippen molar-refractivity contribution in [1.82, 2.24) is 14.6 Å². The van der Waals surface area contributed by atoms with Crippen LogP contribution in [0.4, 0.5) is 27.8 Å². The van der Waals surface area contributed by atoms with Crippen LogP contribution in [0.25, 0.3) is 11.3 Å². The van der Waals surface area contributed by atoms with Crippen LogP contribution >= 0.6 is 22.9 Å². The summed E-state index contributed by atoms with van der Waals surface area (Å²) in [7, 11) is -2.00. The molecule has 1 amide bonds. The van der Waals surface area contributed by atoms with Crippen molar-refractivity contribution >= 4 is 45.6 Å². The van der Waals surface area contributed by atoms with Crippen LogP contribution in [0, 0.1) is 0 Å². The molecule has 41 heavy (non-hydrogen) atoms. The summed E-state index contributed by atoms with van der Waals surface area (Å²) in [6.07, 6.45) is -3.35. The second-order valence-corrected chi connectivity index (χ2v) is 13.5. The van der Waals surface area contributed by atoms with Gasteiger partial charge in [0, 0.05) is 31.1 Å². The van der Waals surface area contributed by atoms with Gasteiger partial charge in [0.05, 0.1) is 22.1 Å². The number of nitrogens with one attached hydrogen (secondary N) is 1. The number of hydrogen-bond donors (Lipinski definition) is 1. The number of carbonyl (C=O) groups excluding carboxylic acids is 1. The molecule has 3 atom stereocenters. The second-order valence-electron chi connectivity index (χ2n) is 10.2. The molecule has 2 aliphatic rings. The predicted octanol–water partition coefficient (Wildman–Crippen LogP) is 6.52. The van der Waals surface area contributed by atoms with Gasteiger partial charge in [0.1, 0.15) is 27.1 Å². The molecule has 1 aromatic carbocycles. The van der Waals surface area contributed by atoms with Gasteiger partial charge in [0.15, 0.2) is 0 Å². The summed E-state index contributed by atoms with van der Waals surface area (Å²) in [6.45, 7) is 1.92. The van der Waals surface area contributed by atoms with E-state index < -0.39 is 53.6 Å². The number of thiophene rings is 1. The Morgan fingerprint density at radius 1 is 1.20 bits per heavy atom. The van der Waals surface area contributed by atoms with Crippen molar-refractivity contribution in [3.8, 4) is 11.3 Å². The minimum atomic E-state index is -4.47. The van der Waals surface area contributed by atoms with Gasteiger partial charge in [0.2, 0.25) is 5.91 Å². The molecule has 4 heterocycles. The van der Waals surface area contributed by atoms with E-state index in [0.717, 1.165) is 47.2 Å². The van der Waals surface area contributed by atoms with Crippen molar-refractivity contribution in [1.29, 1.82) is 0 Å². The first kappa shape index (κ1) is 29.9. The minimum absolute atomic E-state index is 0.0441. The van der Waals surface area contributed by atoms with Crippen molar-refractivity contribution in [3.63, 3.8) is 0 Å². The molecule has 2 aliphatic heterocycles. The highest BCUT2D eigenvalue weighted by molar-refractivity contribution is 7.85. The van der Waals surface area contributed by atoms with Crippen LogP contribution in [-0.2, 0) is 28.5 Å². The molecular formula is C27H26ClF5N4O2S2. The Morgan fingerprint density at radius 2 is 1.93 bits per heavy atom. The molecule has 0 radical (unpaired) electrons. The smallest absolute Gasteiger partial charge is 0.354 e. The lowest BCUT2D eigenvalue weighted by Crippen LogP contribution is -2.43. The van der Waals surface area contributed by atoms with Crippen LogP contribution in [0.1, 0.15) is 37.3 Å². The van der Waals surface area contributed by atoms with E-state index in [-0.39, 0.29) is 16.8 Å². The number of alkyl halides is 5. The molecule has 1 N–H and O–H groups in total. The van der Waals surface area contributed by atoms with E-state index in [4.69, 9.17) is 16.6 Å². The van der Waals surface area contributed by atoms with Gasteiger partial charge < -0.3 is 10.2 Å². The number of nitrogens with zero attached hydrogens (tertiary/aromatic N) is 3. The average molecular weight is 633 g/mol. The van der Waals surface area contributed by atoms with Gasteiger partial charge in [-0.25, -0.2) is 22.3 Å². The van der Waals surface area contributed by atoms with Gasteiger partial charge in [-0.1, -0.05) is 23.7 Å². The lowest BCUT2D eigenvalue weighted by atomic mass is 10.1. The molecule has 0 bridgehead atoms. The maximum atomic E-state index is 14.4. The zero-order valence-corrected chi connectivity index (χ0v) is 24.1. The molecule has 5 rings (SSSR count). The van der Waals surface area contributed by atoms with Crippen LogP contribution in [0.15, 0.2) is 52.7 Å². The van der Waals surface area contributed by atoms with Gasteiger partial charge in [-0.3, -0.25) is 4.79 Å². The maximum Gasteiger partial charge on any atom is 0.416 e. The fraction of sp³-hybridized carbons (Fsp3) is 0.407. The molecule has 2 fully saturated rings. The molecule has 0 aliphatic carbocycles. The highest BCUT2D eigenvalue weighted by Gasteiger charge is 2.50. The number of carbonyl (C=O) groups is 1. The topological polar surface area (TPSA) is 65.5 Å². The number of amides is 1. The Kier molecular flexibility index (Phi) is 8.44. The first-order valence-corrected chi connectivity index (χ1v) is 15.2. The molecule has 3 unspecified atom stereocenters. The van der Waals surface area contributed by atoms with Crippen LogP contribution < -0.4 is 10.2 Å². The molecule has 6 nitrogen and oxygen atoms in total. The Balaban J connectivity index is 1.38. The molecule has 0 saturated carbocycles. The summed E-state index contributed by atoms with van der Waals surface area (Å²) < 4.78 is 82.7. The van der Waals surface area contributed by atoms with Crippen molar-refractivity contribution < 1.29 is 31.0 Å². The summed E-state index contributed by atoms with van der Waals surface area (Å²) >= 11 is 6.91. The Bertz CT molecular complexity index is 1450. The monoisotopic (exact) mass is 632 g/mol. The van der Waals surface area contributed by atoms with Crippen molar-refractivity contribution in [2.75, 3.05) is 18.0 Å². The average Bonchev–Trinajstić information content (AvgIpc) is 3.64. The number of halogens is 6. The Hall–Kier alpha value is -2.61. The second kappa shape index (κ2) is 11.6. The lowest BCUT2D eigenvalue weighted by molar-refractivity contribution is -0.137. The summed E-state index contributed by atoms with van der Waals surface area (Å²) in [6, 6.07) is 9.95. The molecule has 220 valence electrons. The molecule has 2 aromatic heterocycles. The van der Waals surface area contributed by atoms with Gasteiger partial charge in [-0.15, -0.1) is 11.3 Å². The molecular weight excluding hydrogens is 607 g/mol. The van der Waals surface area contributed by atoms with Crippen LogP contribution in [0.3, 0.4) is 0 Å². The number of anilines is 1. The summed E-state index contributed by atoms with van der Waals surface area (Å²) in [4.78, 5) is 19.9. The van der Waals surface area contributed by atoms with E-state index in [0.29, 0.717) is 27.0 Å². The van der Waals surface area contributed by atoms with Crippen molar-refractivity contribution in [2.24, 2.45) is 0 Å². The molecule has 2 saturated heterocycles. The Morgan fingerprint density at radius 3 is 2.54 bits per heavy atom. The third-order valence-electron chi connectivity index (χ3n) is 7.16. The first-order chi connectivity index (χ1) is 19.3. The molecule has 3 aromatic rings. The fourth-order valence-corrected chi connectivity index (χ4v) is 7.95. The van der Waals surface area contributed by atoms with Gasteiger partial charge in [-0.2, -0.15) is 13.2 Å². The van der Waals surface area contributed by atoms with Crippen molar-refractivity contribution in [2.45, 2.75) is 61.1 Å². The standard InChI is InChI=1S/C27H26ClF5N4O2S2/c1-16-3-2-10-36(16)23-12-17(11-20(35-23)18-4-6-19(7-5-18)27(31,32)33)14-34-25(38)21-13-26(29,30)15-37(21)41(39)24-9-8-22(28)40-24/h4-9,11-12,16,21H,2-3,10,13-15H2,1H3,(H,34,38). The van der Waals surface area contributed by atoms with Crippen LogP contribution in [0.2, 0.25) is 4.34 Å². The van der Waals surface area contributed by atoms with E-state index in [1.165, 1.54) is 24.3 Å². The van der Waals surface area contributed by atoms with E-state index in [2.05, 4.69) is 17.1 Å². The maximum absolute atomic E-state index is 14.4. The quantitative estimate of drug-likeness (QED) is 0.301. The lowest BCUT2D eigenvalue weighted by Gasteiger charge is -2.24. The van der Waals surface area contributed by atoms with Crippen molar-refractivity contribution in [3.05, 3.63) is 64.0 Å². The van der Waals surface area contributed by atoms with E-state index in [1.807, 2.05) is 0 Å². The number of benzene rings is 1. The summed E-state index contributed by atoms with van der Waals surface area (Å²) in [5.41, 5.74) is 0.702. The highest BCUT2D eigenvalue weighted by atomic mass is 35.5. The van der Waals surface area contributed by atoms with E-state index in [1.54, 1.807) is 12.1 Å². The fourth-order valence-electron chi connectivity index (χ4n) is 5.07. The van der Waals surface area contributed by atoms with E-state index >= 15 is 0 Å². The summed E-state index contributed by atoms with van der Waals surface area (Å²) in [5, 5.41) is 2.69. The third-order valence-corrected chi connectivity index (χ3v) is 10.2. The number of pyridine rings is 1. The highest BCUT2D eigenvalue weighted by Crippen LogP contribution is 2.37. The third kappa shape index (κ3) is 6.73. The summed E-state index contributed by atoms with van der Waals surface area (Å²) in [5.74, 6) is -3.30. The van der Waals surface area contributed by atoms with E-state index in [9.17, 15) is 31.0 Å². The number of aromatic nitrogens is 1. The SMILES string of the molecule is CC1CCCN1c1cc(CNC(=O)C2CC(F)(F)CN2S(=O)c2ccc(Cl)s2)cc(-c2ccc(C(F)(F)F)cc2)n1. The van der Waals surface area contributed by atoms with Gasteiger partial charge in [-0.05, 0) is 61.7 Å².